The van der Waals surface area contributed by atoms with E-state index < -0.39 is 0 Å². The van der Waals surface area contributed by atoms with Crippen molar-refractivity contribution in [3.05, 3.63) is 36.3 Å². The van der Waals surface area contributed by atoms with Crippen molar-refractivity contribution < 1.29 is 14.3 Å². The minimum Gasteiger partial charge on any atom is -0.493 e. The predicted molar refractivity (Wildman–Crippen MR) is 100 cm³/mol. The molecule has 2 aromatic rings. The molecule has 0 fully saturated rings. The smallest absolute Gasteiger partial charge is 0.271 e. The van der Waals surface area contributed by atoms with Gasteiger partial charge < -0.3 is 25.0 Å². The molecule has 1 amide bonds. The molecule has 0 aliphatic rings. The van der Waals surface area contributed by atoms with E-state index in [0.29, 0.717) is 23.9 Å². The van der Waals surface area contributed by atoms with Crippen LogP contribution in [0.3, 0.4) is 0 Å². The number of nitrogens with one attached hydrogen (secondary N) is 2. The molecule has 0 bridgehead atoms. The third kappa shape index (κ3) is 5.59. The fraction of sp³-hybridized carbons (Fsp3) is 0.389. The molecule has 1 heterocycles. The summed E-state index contributed by atoms with van der Waals surface area (Å²) in [5, 5.41) is 5.95. The summed E-state index contributed by atoms with van der Waals surface area (Å²) in [4.78, 5) is 22.5. The first-order chi connectivity index (χ1) is 12.5. The second kappa shape index (κ2) is 9.57. The van der Waals surface area contributed by atoms with Crippen LogP contribution in [0, 0.1) is 0 Å². The number of carbonyl (C=O) groups is 1. The summed E-state index contributed by atoms with van der Waals surface area (Å²) in [5.41, 5.74) is 1.06. The van der Waals surface area contributed by atoms with Crippen molar-refractivity contribution in [1.82, 2.24) is 20.2 Å². The molecule has 8 nitrogen and oxygen atoms in total. The lowest BCUT2D eigenvalue weighted by molar-refractivity contribution is 0.0947. The molecule has 0 unspecified atom stereocenters. The van der Waals surface area contributed by atoms with Gasteiger partial charge in [0, 0.05) is 18.3 Å². The summed E-state index contributed by atoms with van der Waals surface area (Å²) in [6.45, 7) is 1.52. The molecular weight excluding hydrogens is 334 g/mol. The number of amides is 1. The number of benzene rings is 1. The Labute approximate surface area is 153 Å². The lowest BCUT2D eigenvalue weighted by Gasteiger charge is -2.11. The summed E-state index contributed by atoms with van der Waals surface area (Å²) < 4.78 is 10.5. The topological polar surface area (TPSA) is 88.6 Å². The average molecular weight is 359 g/mol. The van der Waals surface area contributed by atoms with E-state index in [1.54, 1.807) is 26.4 Å². The van der Waals surface area contributed by atoms with Crippen LogP contribution in [0.4, 0.5) is 11.5 Å². The Hall–Kier alpha value is -2.87. The second-order valence-corrected chi connectivity index (χ2v) is 5.89. The Balaban J connectivity index is 1.93. The zero-order valence-electron chi connectivity index (χ0n) is 15.6. The zero-order chi connectivity index (χ0) is 18.9. The zero-order valence-corrected chi connectivity index (χ0v) is 15.6. The molecule has 26 heavy (non-hydrogen) atoms. The maximum Gasteiger partial charge on any atom is 0.271 e. The molecule has 140 valence electrons. The highest BCUT2D eigenvalue weighted by molar-refractivity contribution is 5.92. The van der Waals surface area contributed by atoms with E-state index in [9.17, 15) is 4.79 Å². The maximum atomic E-state index is 12.0. The van der Waals surface area contributed by atoms with Gasteiger partial charge >= 0.3 is 0 Å². The summed E-state index contributed by atoms with van der Waals surface area (Å²) >= 11 is 0. The van der Waals surface area contributed by atoms with Crippen molar-refractivity contribution >= 4 is 17.4 Å². The molecule has 0 aliphatic carbocycles. The third-order valence-corrected chi connectivity index (χ3v) is 3.61. The fourth-order valence-electron chi connectivity index (χ4n) is 2.26. The molecular formula is C18H25N5O3. The van der Waals surface area contributed by atoms with Crippen LogP contribution < -0.4 is 20.1 Å². The highest BCUT2D eigenvalue weighted by atomic mass is 16.5. The van der Waals surface area contributed by atoms with Crippen molar-refractivity contribution in [2.24, 2.45) is 0 Å². The van der Waals surface area contributed by atoms with Gasteiger partial charge in [-0.05, 0) is 39.2 Å². The number of methoxy groups -OCH3 is 2. The van der Waals surface area contributed by atoms with Gasteiger partial charge in [-0.2, -0.15) is 0 Å². The molecule has 2 rings (SSSR count). The summed E-state index contributed by atoms with van der Waals surface area (Å²) in [6, 6.07) is 5.43. The molecule has 0 saturated carbocycles. The monoisotopic (exact) mass is 359 g/mol. The van der Waals surface area contributed by atoms with Crippen LogP contribution in [0.1, 0.15) is 16.9 Å². The quantitative estimate of drug-likeness (QED) is 0.661. The van der Waals surface area contributed by atoms with E-state index >= 15 is 0 Å². The van der Waals surface area contributed by atoms with Crippen LogP contribution >= 0.6 is 0 Å². The van der Waals surface area contributed by atoms with Crippen molar-refractivity contribution in [3.8, 4) is 11.5 Å². The lowest BCUT2D eigenvalue weighted by Crippen LogP contribution is -2.27. The SMILES string of the molecule is COc1ccc(Nc2cnc(C(=O)NCCCN(C)C)cn2)cc1OC. The minimum atomic E-state index is -0.228. The first-order valence-electron chi connectivity index (χ1n) is 8.27. The summed E-state index contributed by atoms with van der Waals surface area (Å²) in [5.74, 6) is 1.56. The first-order valence-corrected chi connectivity index (χ1v) is 8.27. The number of rotatable bonds is 9. The van der Waals surface area contributed by atoms with Gasteiger partial charge in [-0.15, -0.1) is 0 Å². The number of hydrogen-bond donors (Lipinski definition) is 2. The van der Waals surface area contributed by atoms with Gasteiger partial charge in [0.1, 0.15) is 11.5 Å². The Morgan fingerprint density at radius 1 is 1.12 bits per heavy atom. The van der Waals surface area contributed by atoms with E-state index in [0.717, 1.165) is 18.7 Å². The molecule has 0 aliphatic heterocycles. The maximum absolute atomic E-state index is 12.0. The Bertz CT molecular complexity index is 719. The third-order valence-electron chi connectivity index (χ3n) is 3.61. The number of ether oxygens (including phenoxy) is 2. The van der Waals surface area contributed by atoms with Gasteiger partial charge in [0.15, 0.2) is 11.5 Å². The van der Waals surface area contributed by atoms with Crippen LogP contribution in [-0.2, 0) is 0 Å². The summed E-state index contributed by atoms with van der Waals surface area (Å²) in [6.07, 6.45) is 3.85. The number of anilines is 2. The van der Waals surface area contributed by atoms with E-state index in [4.69, 9.17) is 9.47 Å². The molecule has 0 radical (unpaired) electrons. The van der Waals surface area contributed by atoms with E-state index in [-0.39, 0.29) is 11.6 Å². The first kappa shape index (κ1) is 19.5. The van der Waals surface area contributed by atoms with Crippen molar-refractivity contribution in [3.63, 3.8) is 0 Å². The van der Waals surface area contributed by atoms with E-state index in [2.05, 4.69) is 25.5 Å². The largest absolute Gasteiger partial charge is 0.493 e. The molecule has 0 atom stereocenters. The van der Waals surface area contributed by atoms with Crippen molar-refractivity contribution in [2.75, 3.05) is 46.7 Å². The molecule has 0 spiro atoms. The van der Waals surface area contributed by atoms with Crippen LogP contribution in [0.25, 0.3) is 0 Å². The van der Waals surface area contributed by atoms with Gasteiger partial charge in [-0.3, -0.25) is 4.79 Å². The van der Waals surface area contributed by atoms with Gasteiger partial charge in [-0.1, -0.05) is 0 Å². The highest BCUT2D eigenvalue weighted by Gasteiger charge is 2.09. The standard InChI is InChI=1S/C18H25N5O3/c1-23(2)9-5-8-19-18(24)14-11-21-17(12-20-14)22-13-6-7-15(25-3)16(10-13)26-4/h6-7,10-12H,5,8-9H2,1-4H3,(H,19,24)(H,21,22). The van der Waals surface area contributed by atoms with Crippen LogP contribution in [0.15, 0.2) is 30.6 Å². The fourth-order valence-corrected chi connectivity index (χ4v) is 2.26. The second-order valence-electron chi connectivity index (χ2n) is 5.89. The van der Waals surface area contributed by atoms with Crippen molar-refractivity contribution in [1.29, 1.82) is 0 Å². The van der Waals surface area contributed by atoms with Gasteiger partial charge in [-0.25, -0.2) is 9.97 Å². The molecule has 2 N–H and O–H groups in total. The minimum absolute atomic E-state index is 0.228. The van der Waals surface area contributed by atoms with Crippen molar-refractivity contribution in [2.45, 2.75) is 6.42 Å². The molecule has 1 aromatic carbocycles. The number of aromatic nitrogens is 2. The number of carbonyl (C=O) groups excluding carboxylic acids is 1. The lowest BCUT2D eigenvalue weighted by atomic mass is 10.2. The predicted octanol–water partition coefficient (Wildman–Crippen LogP) is 1.92. The Kier molecular flexibility index (Phi) is 7.16. The van der Waals surface area contributed by atoms with Gasteiger partial charge in [0.05, 0.1) is 26.6 Å². The van der Waals surface area contributed by atoms with Crippen LogP contribution in [0.2, 0.25) is 0 Å². The van der Waals surface area contributed by atoms with Gasteiger partial charge in [0.2, 0.25) is 0 Å². The van der Waals surface area contributed by atoms with E-state index in [1.807, 2.05) is 20.2 Å². The average Bonchev–Trinajstić information content (AvgIpc) is 2.65. The normalized spacial score (nSPS) is 10.5. The Morgan fingerprint density at radius 2 is 1.88 bits per heavy atom. The van der Waals surface area contributed by atoms with Crippen LogP contribution in [-0.4, -0.2) is 62.2 Å². The highest BCUT2D eigenvalue weighted by Crippen LogP contribution is 2.30. The molecule has 1 aromatic heterocycles. The summed E-state index contributed by atoms with van der Waals surface area (Å²) in [7, 11) is 7.16. The Morgan fingerprint density at radius 3 is 2.50 bits per heavy atom. The van der Waals surface area contributed by atoms with Crippen LogP contribution in [0.5, 0.6) is 11.5 Å². The molecule has 0 saturated heterocycles. The van der Waals surface area contributed by atoms with E-state index in [1.165, 1.54) is 12.4 Å². The number of hydrogen-bond acceptors (Lipinski definition) is 7. The molecule has 8 heteroatoms. The van der Waals surface area contributed by atoms with Gasteiger partial charge in [0.25, 0.3) is 5.91 Å². The number of nitrogens with zero attached hydrogens (tertiary/aromatic N) is 3.